The van der Waals surface area contributed by atoms with Gasteiger partial charge in [-0.3, -0.25) is 14.5 Å². The molecule has 1 saturated carbocycles. The summed E-state index contributed by atoms with van der Waals surface area (Å²) < 4.78 is 43.3. The van der Waals surface area contributed by atoms with E-state index in [0.29, 0.717) is 46.3 Å². The van der Waals surface area contributed by atoms with Crippen LogP contribution in [0.2, 0.25) is 0 Å². The molecule has 45 heavy (non-hydrogen) atoms. The van der Waals surface area contributed by atoms with Gasteiger partial charge in [-0.2, -0.15) is 13.2 Å². The third-order valence-corrected chi connectivity index (χ3v) is 9.09. The molecule has 0 spiro atoms. The molecule has 2 aromatic carbocycles. The maximum Gasteiger partial charge on any atom is 0.417 e. The molecule has 0 radical (unpaired) electrons. The zero-order chi connectivity index (χ0) is 31.7. The Balaban J connectivity index is 1.18. The second-order valence-electron chi connectivity index (χ2n) is 11.7. The number of nitrogens with one attached hydrogen (secondary N) is 3. The van der Waals surface area contributed by atoms with Crippen LogP contribution >= 0.6 is 11.3 Å². The first-order chi connectivity index (χ1) is 21.5. The van der Waals surface area contributed by atoms with Crippen LogP contribution in [0.5, 0.6) is 0 Å². The van der Waals surface area contributed by atoms with E-state index in [4.69, 9.17) is 0 Å². The minimum atomic E-state index is -4.71. The summed E-state index contributed by atoms with van der Waals surface area (Å²) in [5.74, 6) is -0.578. The lowest BCUT2D eigenvalue weighted by Crippen LogP contribution is -2.28. The van der Waals surface area contributed by atoms with Crippen LogP contribution in [-0.2, 0) is 12.7 Å². The van der Waals surface area contributed by atoms with Crippen molar-refractivity contribution in [1.82, 2.24) is 19.8 Å². The highest BCUT2D eigenvalue weighted by Crippen LogP contribution is 2.35. The lowest BCUT2D eigenvalue weighted by molar-refractivity contribution is -0.138. The quantitative estimate of drug-likeness (QED) is 0.210. The first-order valence-electron chi connectivity index (χ1n) is 14.9. The van der Waals surface area contributed by atoms with Gasteiger partial charge in [0.25, 0.3) is 11.8 Å². The number of rotatable bonds is 8. The number of carbonyl (C=O) groups is 2. The van der Waals surface area contributed by atoms with Crippen LogP contribution in [0.25, 0.3) is 10.2 Å². The Bertz CT molecular complexity index is 1740. The second kappa shape index (κ2) is 12.7. The number of hydrogen-bond donors (Lipinski definition) is 3. The zero-order valence-corrected chi connectivity index (χ0v) is 25.8. The number of anilines is 3. The smallest absolute Gasteiger partial charge is 0.366 e. The number of alkyl halides is 3. The van der Waals surface area contributed by atoms with E-state index in [2.05, 4.69) is 35.7 Å². The van der Waals surface area contributed by atoms with Gasteiger partial charge in [0.2, 0.25) is 0 Å². The normalized spacial score (nSPS) is 16.4. The number of carbonyl (C=O) groups excluding carboxylic acids is 2. The highest BCUT2D eigenvalue weighted by molar-refractivity contribution is 7.18. The topological polar surface area (TPSA) is 102 Å². The standard InChI is InChI=1S/C32H34F3N7O2S/c1-19-4-6-22(15-26(19)40-31(44)24-17-45-28-27(24)36-18-37-29(28)38-21-7-8-21)39-30(43)23-9-5-20(14-25(23)32(33,34)35)16-42-11-3-10-41(2)12-13-42/h4-6,9,14-15,17-18,21H,3,7-8,10-13,16H2,1-2H3,(H,39,43)(H,40,44)(H,36,37,38). The first kappa shape index (κ1) is 30.9. The molecule has 6 rings (SSSR count). The van der Waals surface area contributed by atoms with Crippen molar-refractivity contribution < 1.29 is 22.8 Å². The second-order valence-corrected chi connectivity index (χ2v) is 12.6. The van der Waals surface area contributed by atoms with E-state index in [1.54, 1.807) is 30.5 Å². The maximum atomic E-state index is 14.2. The van der Waals surface area contributed by atoms with Gasteiger partial charge in [0.15, 0.2) is 0 Å². The number of aromatic nitrogens is 2. The summed E-state index contributed by atoms with van der Waals surface area (Å²) in [6, 6.07) is 9.09. The van der Waals surface area contributed by atoms with E-state index >= 15 is 0 Å². The molecule has 3 N–H and O–H groups in total. The SMILES string of the molecule is Cc1ccc(NC(=O)c2ccc(CN3CCCN(C)CC3)cc2C(F)(F)F)cc1NC(=O)c1csc2c(NC3CC3)ncnc12. The van der Waals surface area contributed by atoms with Crippen molar-refractivity contribution >= 4 is 50.6 Å². The minimum absolute atomic E-state index is 0.250. The van der Waals surface area contributed by atoms with Crippen LogP contribution in [0.4, 0.5) is 30.4 Å². The molecule has 0 atom stereocenters. The third kappa shape index (κ3) is 7.26. The van der Waals surface area contributed by atoms with Crippen LogP contribution in [0.15, 0.2) is 48.1 Å². The van der Waals surface area contributed by atoms with Crippen molar-refractivity contribution in [3.05, 3.63) is 75.9 Å². The highest BCUT2D eigenvalue weighted by Gasteiger charge is 2.36. The van der Waals surface area contributed by atoms with Crippen molar-refractivity contribution in [3.8, 4) is 0 Å². The Labute approximate surface area is 262 Å². The van der Waals surface area contributed by atoms with Gasteiger partial charge in [-0.1, -0.05) is 12.1 Å². The Morgan fingerprint density at radius 2 is 1.78 bits per heavy atom. The van der Waals surface area contributed by atoms with Gasteiger partial charge >= 0.3 is 6.18 Å². The fourth-order valence-corrected chi connectivity index (χ4v) is 6.35. The number of thiophene rings is 1. The zero-order valence-electron chi connectivity index (χ0n) is 25.0. The van der Waals surface area contributed by atoms with Gasteiger partial charge in [0.1, 0.15) is 12.1 Å². The summed E-state index contributed by atoms with van der Waals surface area (Å²) >= 11 is 1.38. The van der Waals surface area contributed by atoms with Gasteiger partial charge in [-0.15, -0.1) is 11.3 Å². The predicted octanol–water partition coefficient (Wildman–Crippen LogP) is 6.23. The number of amides is 2. The van der Waals surface area contributed by atoms with Gasteiger partial charge in [-0.05, 0) is 81.7 Å². The number of aryl methyl sites for hydroxylation is 1. The Hall–Kier alpha value is -4.07. The lowest BCUT2D eigenvalue weighted by atomic mass is 10.0. The molecular formula is C32H34F3N7O2S. The summed E-state index contributed by atoms with van der Waals surface area (Å²) in [5, 5.41) is 10.5. The van der Waals surface area contributed by atoms with E-state index in [-0.39, 0.29) is 5.69 Å². The molecule has 1 aliphatic carbocycles. The summed E-state index contributed by atoms with van der Waals surface area (Å²) in [7, 11) is 2.03. The molecule has 0 unspecified atom stereocenters. The average Bonchev–Trinajstić information content (AvgIpc) is 3.75. The van der Waals surface area contributed by atoms with E-state index < -0.39 is 29.1 Å². The molecule has 4 aromatic rings. The number of nitrogens with zero attached hydrogens (tertiary/aromatic N) is 4. The molecule has 1 aliphatic heterocycles. The molecule has 9 nitrogen and oxygen atoms in total. The highest BCUT2D eigenvalue weighted by atomic mass is 32.1. The van der Waals surface area contributed by atoms with Crippen LogP contribution in [0.3, 0.4) is 0 Å². The van der Waals surface area contributed by atoms with E-state index in [1.807, 2.05) is 7.05 Å². The van der Waals surface area contributed by atoms with Crippen LogP contribution in [0, 0.1) is 6.92 Å². The monoisotopic (exact) mass is 637 g/mol. The Morgan fingerprint density at radius 1 is 0.978 bits per heavy atom. The third-order valence-electron chi connectivity index (χ3n) is 8.11. The Morgan fingerprint density at radius 3 is 2.56 bits per heavy atom. The molecule has 2 aliphatic rings. The minimum Gasteiger partial charge on any atom is -0.366 e. The predicted molar refractivity (Wildman–Crippen MR) is 170 cm³/mol. The lowest BCUT2D eigenvalue weighted by Gasteiger charge is -2.21. The van der Waals surface area contributed by atoms with Gasteiger partial charge in [-0.25, -0.2) is 9.97 Å². The average molecular weight is 638 g/mol. The molecule has 236 valence electrons. The molecule has 3 heterocycles. The number of benzene rings is 2. The largest absolute Gasteiger partial charge is 0.417 e. The van der Waals surface area contributed by atoms with E-state index in [9.17, 15) is 22.8 Å². The van der Waals surface area contributed by atoms with Crippen LogP contribution < -0.4 is 16.0 Å². The molecule has 2 fully saturated rings. The molecular weight excluding hydrogens is 603 g/mol. The van der Waals surface area contributed by atoms with E-state index in [1.165, 1.54) is 29.8 Å². The number of hydrogen-bond acceptors (Lipinski definition) is 8. The number of likely N-dealkylation sites (N-methyl/N-ethyl adjacent to an activating group) is 1. The van der Waals surface area contributed by atoms with E-state index in [0.717, 1.165) is 56.2 Å². The Kier molecular flexibility index (Phi) is 8.76. The van der Waals surface area contributed by atoms with Crippen molar-refractivity contribution in [2.45, 2.75) is 44.9 Å². The van der Waals surface area contributed by atoms with Gasteiger partial charge in [0.05, 0.1) is 26.9 Å². The molecule has 1 saturated heterocycles. The van der Waals surface area contributed by atoms with Crippen LogP contribution in [-0.4, -0.2) is 70.9 Å². The fraction of sp³-hybridized carbons (Fsp3) is 0.375. The molecule has 0 bridgehead atoms. The van der Waals surface area contributed by atoms with Gasteiger partial charge < -0.3 is 20.9 Å². The van der Waals surface area contributed by atoms with Gasteiger partial charge in [0, 0.05) is 42.4 Å². The van der Waals surface area contributed by atoms with Crippen molar-refractivity contribution in [2.24, 2.45) is 0 Å². The fourth-order valence-electron chi connectivity index (χ4n) is 5.40. The van der Waals surface area contributed by atoms with Crippen LogP contribution in [0.1, 0.15) is 56.7 Å². The summed E-state index contributed by atoms with van der Waals surface area (Å²) in [6.07, 6.45) is -0.187. The number of fused-ring (bicyclic) bond motifs is 1. The first-order valence-corrected chi connectivity index (χ1v) is 15.8. The van der Waals surface area contributed by atoms with Crippen molar-refractivity contribution in [3.63, 3.8) is 0 Å². The molecule has 2 aromatic heterocycles. The molecule has 2 amide bonds. The van der Waals surface area contributed by atoms with Crippen molar-refractivity contribution in [2.75, 3.05) is 49.2 Å². The number of halogens is 3. The van der Waals surface area contributed by atoms with Crippen molar-refractivity contribution in [1.29, 1.82) is 0 Å². The summed E-state index contributed by atoms with van der Waals surface area (Å²) in [6.45, 7) is 5.53. The summed E-state index contributed by atoms with van der Waals surface area (Å²) in [5.41, 5.74) is 1.35. The summed E-state index contributed by atoms with van der Waals surface area (Å²) in [4.78, 5) is 39.5. The molecule has 13 heteroatoms. The maximum absolute atomic E-state index is 14.2.